The molecule has 0 spiro atoms. The molecule has 4 rings (SSSR count). The van der Waals surface area contributed by atoms with Crippen molar-refractivity contribution in [2.24, 2.45) is 0 Å². The fourth-order valence-corrected chi connectivity index (χ4v) is 4.13. The number of benzene rings is 1. The summed E-state index contributed by atoms with van der Waals surface area (Å²) >= 11 is 0. The number of nitrogens with one attached hydrogen (secondary N) is 2. The van der Waals surface area contributed by atoms with E-state index in [-0.39, 0.29) is 24.8 Å². The summed E-state index contributed by atoms with van der Waals surface area (Å²) in [6, 6.07) is 1.43. The fraction of sp³-hybridized carbons (Fsp3) is 0.269. The van der Waals surface area contributed by atoms with Crippen molar-refractivity contribution in [3.63, 3.8) is 0 Å². The smallest absolute Gasteiger partial charge is 0.370 e. The van der Waals surface area contributed by atoms with E-state index in [4.69, 9.17) is 0 Å². The number of aromatic nitrogens is 5. The van der Waals surface area contributed by atoms with E-state index in [0.29, 0.717) is 12.4 Å². The normalized spacial score (nSPS) is 12.6. The second kappa shape index (κ2) is 11.6. The maximum Gasteiger partial charge on any atom is 0.423 e. The zero-order valence-electron chi connectivity index (χ0n) is 21.3. The number of aryl methyl sites for hydroxylation is 1. The molecule has 8 nitrogen and oxygen atoms in total. The molecule has 0 aliphatic rings. The van der Waals surface area contributed by atoms with Crippen LogP contribution in [0.25, 0.3) is 22.2 Å². The van der Waals surface area contributed by atoms with Crippen LogP contribution < -0.4 is 16.4 Å². The second-order valence-electron chi connectivity index (χ2n) is 8.84. The Morgan fingerprint density at radius 2 is 1.71 bits per heavy atom. The molecule has 16 heteroatoms. The van der Waals surface area contributed by atoms with E-state index >= 15 is 4.39 Å². The van der Waals surface area contributed by atoms with Crippen LogP contribution in [0.1, 0.15) is 30.9 Å². The van der Waals surface area contributed by atoms with Gasteiger partial charge in [0.2, 0.25) is 0 Å². The van der Waals surface area contributed by atoms with Gasteiger partial charge in [-0.05, 0) is 37.3 Å². The summed E-state index contributed by atoms with van der Waals surface area (Å²) in [7, 11) is 0. The van der Waals surface area contributed by atoms with E-state index < -0.39 is 74.7 Å². The highest BCUT2D eigenvalue weighted by Gasteiger charge is 2.37. The average molecular weight is 598 g/mol. The van der Waals surface area contributed by atoms with Crippen molar-refractivity contribution >= 4 is 16.5 Å². The van der Waals surface area contributed by atoms with Gasteiger partial charge in [-0.1, -0.05) is 5.92 Å². The van der Waals surface area contributed by atoms with Gasteiger partial charge in [0.1, 0.15) is 5.56 Å². The molecule has 4 aromatic rings. The van der Waals surface area contributed by atoms with Crippen molar-refractivity contribution in [1.29, 1.82) is 0 Å². The number of alkyl halides is 6. The summed E-state index contributed by atoms with van der Waals surface area (Å²) in [6.07, 6.45) is -6.58. The molecule has 3 heterocycles. The standard InChI is InChI=1S/C26H18F8N6O2/c1-2-4-15(38-17-12-37-39-23(41)19(17)26(32,33)34)5-3-7-40-8-6-13-9-16(20(27)21(28)18(13)24(40)42)22-35-10-14(11-36-22)25(29,30)31/h6,8-12,15H,3,5,7H2,1H3,(H2,38,39,41)/t15-/m0/s1. The van der Waals surface area contributed by atoms with E-state index in [1.54, 1.807) is 5.10 Å². The molecular formula is C26H18F8N6O2. The minimum absolute atomic E-state index is 0.0634. The summed E-state index contributed by atoms with van der Waals surface area (Å²) in [5.74, 6) is 1.62. The highest BCUT2D eigenvalue weighted by molar-refractivity contribution is 5.86. The van der Waals surface area contributed by atoms with Crippen LogP contribution in [0.3, 0.4) is 0 Å². The lowest BCUT2D eigenvalue weighted by Gasteiger charge is -2.18. The first-order valence-electron chi connectivity index (χ1n) is 12.0. The second-order valence-corrected chi connectivity index (χ2v) is 8.84. The van der Waals surface area contributed by atoms with Gasteiger partial charge < -0.3 is 9.88 Å². The predicted molar refractivity (Wildman–Crippen MR) is 134 cm³/mol. The van der Waals surface area contributed by atoms with Gasteiger partial charge in [-0.15, -0.1) is 5.92 Å². The van der Waals surface area contributed by atoms with Gasteiger partial charge in [0, 0.05) is 25.1 Å². The Bertz CT molecular complexity index is 1800. The number of fused-ring (bicyclic) bond motifs is 1. The Morgan fingerprint density at radius 3 is 2.33 bits per heavy atom. The molecule has 0 aliphatic carbocycles. The number of rotatable bonds is 7. The molecule has 3 aromatic heterocycles. The molecule has 0 aliphatic heterocycles. The SMILES string of the molecule is CC#C[C@@H](CCCn1ccc2cc(-c3ncc(C(F)(F)F)cn3)c(F)c(F)c2c1=O)Nc1cn[nH]c(=O)c1C(F)(F)F. The fourth-order valence-electron chi connectivity index (χ4n) is 4.13. The minimum atomic E-state index is -4.97. The Labute approximate surface area is 230 Å². The van der Waals surface area contributed by atoms with Crippen LogP contribution in [0.2, 0.25) is 0 Å². The number of H-pyrrole nitrogens is 1. The Kier molecular flexibility index (Phi) is 8.32. The Morgan fingerprint density at radius 1 is 1.02 bits per heavy atom. The maximum absolute atomic E-state index is 15.0. The van der Waals surface area contributed by atoms with E-state index in [2.05, 4.69) is 32.2 Å². The lowest BCUT2D eigenvalue weighted by molar-refractivity contribution is -0.139. The average Bonchev–Trinajstić information content (AvgIpc) is 2.90. The van der Waals surface area contributed by atoms with E-state index in [1.807, 2.05) is 0 Å². The van der Waals surface area contributed by atoms with Crippen LogP contribution in [0.5, 0.6) is 0 Å². The van der Waals surface area contributed by atoms with Crippen molar-refractivity contribution in [3.05, 3.63) is 80.4 Å². The number of pyridine rings is 1. The van der Waals surface area contributed by atoms with Gasteiger partial charge in [0.25, 0.3) is 11.1 Å². The van der Waals surface area contributed by atoms with Gasteiger partial charge >= 0.3 is 12.4 Å². The summed E-state index contributed by atoms with van der Waals surface area (Å²) in [5.41, 5.74) is -6.18. The van der Waals surface area contributed by atoms with Crippen molar-refractivity contribution < 1.29 is 35.1 Å². The third-order valence-electron chi connectivity index (χ3n) is 6.05. The monoisotopic (exact) mass is 598 g/mol. The van der Waals surface area contributed by atoms with Gasteiger partial charge in [-0.25, -0.2) is 23.8 Å². The summed E-state index contributed by atoms with van der Waals surface area (Å²) in [6.45, 7) is 1.38. The molecule has 1 aromatic carbocycles. The van der Waals surface area contributed by atoms with Crippen LogP contribution >= 0.6 is 0 Å². The quantitative estimate of drug-likeness (QED) is 0.226. The topological polar surface area (TPSA) is 106 Å². The third kappa shape index (κ3) is 6.24. The van der Waals surface area contributed by atoms with Crippen molar-refractivity contribution in [2.45, 2.75) is 44.7 Å². The van der Waals surface area contributed by atoms with Gasteiger partial charge in [0.15, 0.2) is 17.5 Å². The molecule has 220 valence electrons. The lowest BCUT2D eigenvalue weighted by atomic mass is 10.1. The van der Waals surface area contributed by atoms with Crippen LogP contribution in [-0.4, -0.2) is 30.8 Å². The predicted octanol–water partition coefficient (Wildman–Crippen LogP) is 5.14. The molecule has 0 fully saturated rings. The lowest BCUT2D eigenvalue weighted by Crippen LogP contribution is -2.28. The number of nitrogens with zero attached hydrogens (tertiary/aromatic N) is 4. The largest absolute Gasteiger partial charge is 0.423 e. The summed E-state index contributed by atoms with van der Waals surface area (Å²) in [4.78, 5) is 31.6. The number of hydrogen-bond acceptors (Lipinski definition) is 6. The molecule has 0 saturated heterocycles. The number of aromatic amines is 1. The number of halogens is 8. The van der Waals surface area contributed by atoms with E-state index in [9.17, 15) is 40.3 Å². The van der Waals surface area contributed by atoms with Crippen LogP contribution in [0.4, 0.5) is 40.8 Å². The third-order valence-corrected chi connectivity index (χ3v) is 6.05. The highest BCUT2D eigenvalue weighted by atomic mass is 19.4. The van der Waals surface area contributed by atoms with Crippen LogP contribution in [0, 0.1) is 23.5 Å². The summed E-state index contributed by atoms with van der Waals surface area (Å²) < 4.78 is 109. The van der Waals surface area contributed by atoms with Gasteiger partial charge in [-0.2, -0.15) is 31.4 Å². The molecule has 0 amide bonds. The van der Waals surface area contributed by atoms with Crippen molar-refractivity contribution in [2.75, 3.05) is 5.32 Å². The van der Waals surface area contributed by atoms with Crippen molar-refractivity contribution in [1.82, 2.24) is 24.7 Å². The summed E-state index contributed by atoms with van der Waals surface area (Å²) in [5, 5.41) is 6.94. The number of anilines is 1. The molecule has 2 N–H and O–H groups in total. The van der Waals surface area contributed by atoms with Crippen LogP contribution in [0.15, 0.2) is 46.5 Å². The molecule has 0 unspecified atom stereocenters. The first-order chi connectivity index (χ1) is 19.7. The van der Waals surface area contributed by atoms with Crippen molar-refractivity contribution in [3.8, 4) is 23.2 Å². The molecular weight excluding hydrogens is 580 g/mol. The molecule has 42 heavy (non-hydrogen) atoms. The molecule has 1 atom stereocenters. The molecule has 0 radical (unpaired) electrons. The molecule has 0 saturated carbocycles. The minimum Gasteiger partial charge on any atom is -0.370 e. The van der Waals surface area contributed by atoms with Gasteiger partial charge in [-0.3, -0.25) is 9.59 Å². The first kappa shape index (κ1) is 30.2. The zero-order valence-corrected chi connectivity index (χ0v) is 21.3. The zero-order chi connectivity index (χ0) is 30.8. The first-order valence-corrected chi connectivity index (χ1v) is 12.0. The van der Waals surface area contributed by atoms with E-state index in [0.717, 1.165) is 16.8 Å². The Balaban J connectivity index is 1.56. The van der Waals surface area contributed by atoms with Gasteiger partial charge in [0.05, 0.1) is 34.4 Å². The Hall–Kier alpha value is -4.81. The van der Waals surface area contributed by atoms with Crippen LogP contribution in [-0.2, 0) is 18.9 Å². The van der Waals surface area contributed by atoms with E-state index in [1.165, 1.54) is 19.2 Å². The highest BCUT2D eigenvalue weighted by Crippen LogP contribution is 2.32. The maximum atomic E-state index is 15.0. The molecule has 0 bridgehead atoms. The number of hydrogen-bond donors (Lipinski definition) is 2.